The molecule has 46 heavy (non-hydrogen) atoms. The molecule has 0 aliphatic carbocycles. The number of rotatable bonds is 15. The van der Waals surface area contributed by atoms with E-state index in [0.29, 0.717) is 18.1 Å². The zero-order valence-electron chi connectivity index (χ0n) is 24.5. The zero-order valence-corrected chi connectivity index (χ0v) is 27.0. The SMILES string of the molecule is C[n+]1cc(-c2ncc(C(=O)NC[C@@H]3[C@H](NC(O)/C(=N\OC(C)(C)C(=O)O)c4csc(N)n4)C(=O)N3S(=O)(=O)O)s2)cn1CCNN. The van der Waals surface area contributed by atoms with Crippen LogP contribution in [0.1, 0.15) is 29.2 Å². The molecule has 1 aliphatic rings. The van der Waals surface area contributed by atoms with E-state index in [4.69, 9.17) is 16.4 Å². The molecule has 0 saturated carbocycles. The molecule has 20 nitrogen and oxygen atoms in total. The van der Waals surface area contributed by atoms with E-state index in [1.54, 1.807) is 0 Å². The Morgan fingerprint density at radius 1 is 1.35 bits per heavy atom. The first kappa shape index (κ1) is 34.8. The summed E-state index contributed by atoms with van der Waals surface area (Å²) in [5.74, 6) is 2.19. The van der Waals surface area contributed by atoms with Gasteiger partial charge in [0.15, 0.2) is 18.4 Å². The van der Waals surface area contributed by atoms with Crippen molar-refractivity contribution >= 4 is 61.6 Å². The number of nitrogens with two attached hydrogens (primary N) is 2. The number of aliphatic hydroxyl groups excluding tert-OH is 1. The lowest BCUT2D eigenvalue weighted by Gasteiger charge is -2.45. The van der Waals surface area contributed by atoms with Crippen molar-refractivity contribution in [3.63, 3.8) is 0 Å². The van der Waals surface area contributed by atoms with Crippen LogP contribution in [0.3, 0.4) is 0 Å². The number of hydrogen-bond acceptors (Lipinski definition) is 16. The monoisotopic (exact) mass is 702 g/mol. The molecule has 3 atom stereocenters. The van der Waals surface area contributed by atoms with Gasteiger partial charge >= 0.3 is 16.3 Å². The quantitative estimate of drug-likeness (QED) is 0.0151. The van der Waals surface area contributed by atoms with Gasteiger partial charge in [-0.25, -0.2) is 19.1 Å². The first-order chi connectivity index (χ1) is 21.5. The largest absolute Gasteiger partial charge is 0.478 e. The van der Waals surface area contributed by atoms with E-state index in [-0.39, 0.29) is 25.7 Å². The lowest BCUT2D eigenvalue weighted by Crippen LogP contribution is -2.75. The van der Waals surface area contributed by atoms with Crippen LogP contribution in [0.15, 0.2) is 29.1 Å². The Morgan fingerprint density at radius 2 is 2.07 bits per heavy atom. The van der Waals surface area contributed by atoms with Crippen LogP contribution in [0.5, 0.6) is 0 Å². The zero-order chi connectivity index (χ0) is 34.0. The minimum atomic E-state index is -5.06. The molecule has 0 spiro atoms. The summed E-state index contributed by atoms with van der Waals surface area (Å²) in [6.07, 6.45) is 3.10. The summed E-state index contributed by atoms with van der Waals surface area (Å²) in [4.78, 5) is 50.8. The Bertz CT molecular complexity index is 1750. The first-order valence-corrected chi connectivity index (χ1v) is 16.3. The molecule has 4 heterocycles. The minimum absolute atomic E-state index is 0.0204. The number of aliphatic carboxylic acids is 1. The predicted molar refractivity (Wildman–Crippen MR) is 162 cm³/mol. The van der Waals surface area contributed by atoms with Gasteiger partial charge in [0.05, 0.1) is 30.5 Å². The van der Waals surface area contributed by atoms with Gasteiger partial charge in [-0.15, -0.1) is 27.4 Å². The second kappa shape index (κ2) is 13.7. The number of oxime groups is 1. The number of aliphatic hydroxyl groups is 1. The van der Waals surface area contributed by atoms with Crippen LogP contribution in [0.2, 0.25) is 0 Å². The molecule has 4 rings (SSSR count). The summed E-state index contributed by atoms with van der Waals surface area (Å²) in [5, 5.41) is 31.0. The predicted octanol–water partition coefficient (Wildman–Crippen LogP) is -2.76. The third-order valence-corrected chi connectivity index (χ3v) is 9.31. The summed E-state index contributed by atoms with van der Waals surface area (Å²) in [6, 6.07) is -2.86. The highest BCUT2D eigenvalue weighted by Crippen LogP contribution is 2.26. The van der Waals surface area contributed by atoms with E-state index >= 15 is 0 Å². The number of nitrogen functional groups attached to an aromatic ring is 1. The van der Waals surface area contributed by atoms with E-state index < -0.39 is 58.5 Å². The van der Waals surface area contributed by atoms with Crippen LogP contribution < -0.4 is 32.3 Å². The van der Waals surface area contributed by atoms with Crippen LogP contribution in [0.25, 0.3) is 10.6 Å². The molecule has 23 heteroatoms. The number of nitrogens with one attached hydrogen (secondary N) is 3. The van der Waals surface area contributed by atoms with Crippen molar-refractivity contribution in [3.8, 4) is 10.6 Å². The molecule has 2 amide bonds. The van der Waals surface area contributed by atoms with E-state index in [0.717, 1.165) is 28.2 Å². The summed E-state index contributed by atoms with van der Waals surface area (Å²) < 4.78 is 37.5. The molecule has 250 valence electrons. The van der Waals surface area contributed by atoms with Crippen molar-refractivity contribution in [3.05, 3.63) is 34.5 Å². The van der Waals surface area contributed by atoms with Gasteiger partial charge in [0, 0.05) is 18.5 Å². The number of hydrazine groups is 1. The number of aryl methyl sites for hydroxylation is 1. The molecule has 1 aliphatic heterocycles. The molecule has 10 N–H and O–H groups in total. The summed E-state index contributed by atoms with van der Waals surface area (Å²) in [7, 11) is -3.23. The fraction of sp³-hybridized carbons (Fsp3) is 0.435. The van der Waals surface area contributed by atoms with Gasteiger partial charge in [-0.3, -0.25) is 30.7 Å². The Kier molecular flexibility index (Phi) is 10.4. The van der Waals surface area contributed by atoms with Gasteiger partial charge in [-0.2, -0.15) is 13.1 Å². The number of carboxylic acid groups (broad SMARTS) is 1. The average Bonchev–Trinajstić information content (AvgIpc) is 3.72. The molecule has 0 aromatic carbocycles. The molecule has 0 radical (unpaired) electrons. The number of hydrogen-bond donors (Lipinski definition) is 8. The molecular weight excluding hydrogens is 671 g/mol. The van der Waals surface area contributed by atoms with Gasteiger partial charge in [-0.05, 0) is 13.8 Å². The maximum Gasteiger partial charge on any atom is 0.362 e. The minimum Gasteiger partial charge on any atom is -0.478 e. The lowest BCUT2D eigenvalue weighted by atomic mass is 9.98. The Labute approximate surface area is 269 Å². The maximum absolute atomic E-state index is 13.0. The number of anilines is 1. The summed E-state index contributed by atoms with van der Waals surface area (Å²) in [5.41, 5.74) is 6.76. The molecule has 0 bridgehead atoms. The number of carbonyl (C=O) groups excluding carboxylic acids is 2. The normalized spacial score (nSPS) is 17.9. The number of carboxylic acids is 1. The number of amides is 2. The highest BCUT2D eigenvalue weighted by Gasteiger charge is 2.54. The second-order valence-corrected chi connectivity index (χ2v) is 13.5. The highest BCUT2D eigenvalue weighted by atomic mass is 32.2. The lowest BCUT2D eigenvalue weighted by molar-refractivity contribution is -0.753. The van der Waals surface area contributed by atoms with Crippen LogP contribution in [0, 0.1) is 0 Å². The van der Waals surface area contributed by atoms with Gasteiger partial charge in [0.25, 0.3) is 11.8 Å². The third-order valence-electron chi connectivity index (χ3n) is 6.64. The van der Waals surface area contributed by atoms with E-state index in [1.165, 1.54) is 25.4 Å². The van der Waals surface area contributed by atoms with Gasteiger partial charge < -0.3 is 26.1 Å². The standard InChI is InChI=1S/C23H31N11O9S3/c1-23(2,21(38)39)43-31-15(12-10-44-22(24)29-12)18(36)30-16-13(34(20(16)37)46(40,41)42)6-26-17(35)14-7-27-19(45-14)11-8-32(3)33(9-11)5-4-28-25/h7-10,13,16,18,28,30,36H,4-6,25H2,1-3H3,(H4-,24,26,29,35,38,39,40,41,42)/p+1/b31-15-/t13-,16+,18?/m1/s1. The van der Waals surface area contributed by atoms with E-state index in [9.17, 15) is 37.6 Å². The summed E-state index contributed by atoms with van der Waals surface area (Å²) in [6.45, 7) is 3.03. The maximum atomic E-state index is 13.0. The Balaban J connectivity index is 1.50. The smallest absolute Gasteiger partial charge is 0.362 e. The van der Waals surface area contributed by atoms with E-state index in [2.05, 4.69) is 31.2 Å². The number of nitrogens with zero attached hydrogens (tertiary/aromatic N) is 6. The van der Waals surface area contributed by atoms with Crippen LogP contribution in [-0.2, 0) is 38.3 Å². The number of carbonyl (C=O) groups is 3. The average molecular weight is 703 g/mol. The van der Waals surface area contributed by atoms with Crippen molar-refractivity contribution in [2.75, 3.05) is 18.8 Å². The molecule has 1 unspecified atom stereocenters. The number of β-lactam (4-membered cyclic amide) rings is 1. The van der Waals surface area contributed by atoms with Crippen LogP contribution in [-0.4, -0.2) is 103 Å². The highest BCUT2D eigenvalue weighted by molar-refractivity contribution is 7.84. The van der Waals surface area contributed by atoms with Gasteiger partial charge in [-0.1, -0.05) is 5.16 Å². The summed E-state index contributed by atoms with van der Waals surface area (Å²) >= 11 is 2.04. The van der Waals surface area contributed by atoms with Crippen molar-refractivity contribution in [1.82, 2.24) is 35.0 Å². The third kappa shape index (κ3) is 7.64. The van der Waals surface area contributed by atoms with Crippen molar-refractivity contribution < 1.29 is 47.1 Å². The Hall–Kier alpha value is -4.10. The molecule has 3 aromatic heterocycles. The molecule has 3 aromatic rings. The molecule has 1 saturated heterocycles. The number of thiazole rings is 2. The second-order valence-electron chi connectivity index (χ2n) is 10.3. The van der Waals surface area contributed by atoms with Gasteiger partial charge in [0.1, 0.15) is 27.3 Å². The molecule has 1 fully saturated rings. The van der Waals surface area contributed by atoms with E-state index in [1.807, 2.05) is 28.8 Å². The van der Waals surface area contributed by atoms with Crippen LogP contribution in [0.4, 0.5) is 5.13 Å². The number of aromatic nitrogens is 4. The van der Waals surface area contributed by atoms with Crippen molar-refractivity contribution in [2.24, 2.45) is 18.0 Å². The first-order valence-electron chi connectivity index (χ1n) is 13.2. The van der Waals surface area contributed by atoms with Crippen LogP contribution >= 0.6 is 22.7 Å². The van der Waals surface area contributed by atoms with Crippen molar-refractivity contribution in [2.45, 2.75) is 44.3 Å². The van der Waals surface area contributed by atoms with Gasteiger partial charge in [0.2, 0.25) is 11.8 Å². The fourth-order valence-corrected chi connectivity index (χ4v) is 6.39. The topological polar surface area (TPSA) is 294 Å². The molecular formula is C23H32N11O9S3+. The van der Waals surface area contributed by atoms with Crippen molar-refractivity contribution in [1.29, 1.82) is 0 Å². The fourth-order valence-electron chi connectivity index (χ4n) is 4.15. The Morgan fingerprint density at radius 3 is 2.67 bits per heavy atom.